The summed E-state index contributed by atoms with van der Waals surface area (Å²) in [5.74, 6) is 0. The molecule has 0 aliphatic carbocycles. The molecule has 21 heavy (non-hydrogen) atoms. The van der Waals surface area contributed by atoms with Gasteiger partial charge in [-0.2, -0.15) is 0 Å². The van der Waals surface area contributed by atoms with Crippen molar-refractivity contribution in [3.63, 3.8) is 0 Å². The van der Waals surface area contributed by atoms with Crippen molar-refractivity contribution >= 4 is 0 Å². The lowest BCUT2D eigenvalue weighted by molar-refractivity contribution is 0.124. The molecule has 1 aromatic rings. The fourth-order valence-electron chi connectivity index (χ4n) is 1.96. The monoisotopic (exact) mass is 293 g/mol. The highest BCUT2D eigenvalue weighted by atomic mass is 16.5. The Labute approximate surface area is 129 Å². The molecule has 4 heteroatoms. The first-order valence-corrected chi connectivity index (χ1v) is 7.73. The largest absolute Gasteiger partial charge is 0.383 e. The first-order valence-electron chi connectivity index (χ1n) is 7.73. The summed E-state index contributed by atoms with van der Waals surface area (Å²) in [6.45, 7) is 14.3. The zero-order valence-corrected chi connectivity index (χ0v) is 14.4. The third-order valence-electron chi connectivity index (χ3n) is 3.39. The Morgan fingerprint density at radius 1 is 1.29 bits per heavy atom. The third-order valence-corrected chi connectivity index (χ3v) is 3.39. The van der Waals surface area contributed by atoms with Crippen LogP contribution in [-0.4, -0.2) is 41.7 Å². The SMILES string of the molecule is COCCN(Cc1ccc(CNC(C)(C)C)cn1)C(C)C. The van der Waals surface area contributed by atoms with Crippen molar-refractivity contribution in [3.05, 3.63) is 29.6 Å². The molecule has 0 saturated carbocycles. The molecule has 1 heterocycles. The van der Waals surface area contributed by atoms with E-state index in [4.69, 9.17) is 4.74 Å². The first kappa shape index (κ1) is 18.1. The summed E-state index contributed by atoms with van der Waals surface area (Å²) in [5, 5.41) is 3.48. The van der Waals surface area contributed by atoms with E-state index in [1.54, 1.807) is 7.11 Å². The standard InChI is InChI=1S/C17H31N3O/c1-14(2)20(9-10-21-6)13-16-8-7-15(11-18-16)12-19-17(3,4)5/h7-8,11,14,19H,9-10,12-13H2,1-6H3. The molecular weight excluding hydrogens is 262 g/mol. The lowest BCUT2D eigenvalue weighted by Crippen LogP contribution is -2.35. The van der Waals surface area contributed by atoms with Crippen LogP contribution in [0.4, 0.5) is 0 Å². The van der Waals surface area contributed by atoms with Crippen molar-refractivity contribution < 1.29 is 4.74 Å². The van der Waals surface area contributed by atoms with E-state index in [-0.39, 0.29) is 5.54 Å². The Morgan fingerprint density at radius 3 is 2.48 bits per heavy atom. The van der Waals surface area contributed by atoms with Gasteiger partial charge in [-0.05, 0) is 46.2 Å². The molecule has 1 aromatic heterocycles. The highest BCUT2D eigenvalue weighted by molar-refractivity contribution is 5.14. The molecule has 1 rings (SSSR count). The topological polar surface area (TPSA) is 37.4 Å². The number of nitrogens with one attached hydrogen (secondary N) is 1. The number of rotatable bonds is 8. The van der Waals surface area contributed by atoms with Gasteiger partial charge in [-0.15, -0.1) is 0 Å². The quantitative estimate of drug-likeness (QED) is 0.800. The van der Waals surface area contributed by atoms with Gasteiger partial charge < -0.3 is 10.1 Å². The van der Waals surface area contributed by atoms with Crippen LogP contribution in [0.5, 0.6) is 0 Å². The number of pyridine rings is 1. The van der Waals surface area contributed by atoms with Gasteiger partial charge >= 0.3 is 0 Å². The van der Waals surface area contributed by atoms with Crippen LogP contribution in [0.15, 0.2) is 18.3 Å². The smallest absolute Gasteiger partial charge is 0.0589 e. The van der Waals surface area contributed by atoms with Crippen molar-refractivity contribution in [2.24, 2.45) is 0 Å². The van der Waals surface area contributed by atoms with Crippen LogP contribution in [0.25, 0.3) is 0 Å². The van der Waals surface area contributed by atoms with E-state index in [1.807, 2.05) is 6.20 Å². The van der Waals surface area contributed by atoms with Crippen molar-refractivity contribution in [3.8, 4) is 0 Å². The summed E-state index contributed by atoms with van der Waals surface area (Å²) in [7, 11) is 1.74. The third kappa shape index (κ3) is 7.55. The molecule has 0 aliphatic heterocycles. The van der Waals surface area contributed by atoms with Gasteiger partial charge in [-0.3, -0.25) is 9.88 Å². The molecule has 0 fully saturated rings. The maximum atomic E-state index is 5.17. The second kappa shape index (κ2) is 8.47. The van der Waals surface area contributed by atoms with Crippen LogP contribution < -0.4 is 5.32 Å². The Hall–Kier alpha value is -0.970. The molecule has 0 aromatic carbocycles. The Kier molecular flexibility index (Phi) is 7.29. The minimum atomic E-state index is 0.132. The zero-order chi connectivity index (χ0) is 15.9. The predicted molar refractivity (Wildman–Crippen MR) is 88.3 cm³/mol. The minimum Gasteiger partial charge on any atom is -0.383 e. The van der Waals surface area contributed by atoms with Crippen molar-refractivity contribution in [1.29, 1.82) is 0 Å². The average molecular weight is 293 g/mol. The van der Waals surface area contributed by atoms with E-state index in [0.29, 0.717) is 6.04 Å². The lowest BCUT2D eigenvalue weighted by atomic mass is 10.1. The molecule has 1 N–H and O–H groups in total. The summed E-state index contributed by atoms with van der Waals surface area (Å²) in [4.78, 5) is 6.96. The van der Waals surface area contributed by atoms with Gasteiger partial charge in [0.2, 0.25) is 0 Å². The molecule has 0 atom stereocenters. The normalized spacial score (nSPS) is 12.4. The molecule has 0 amide bonds. The van der Waals surface area contributed by atoms with Crippen LogP contribution in [0.2, 0.25) is 0 Å². The van der Waals surface area contributed by atoms with E-state index >= 15 is 0 Å². The van der Waals surface area contributed by atoms with Crippen molar-refractivity contribution in [1.82, 2.24) is 15.2 Å². The molecule has 0 aliphatic rings. The van der Waals surface area contributed by atoms with E-state index in [9.17, 15) is 0 Å². The molecule has 0 saturated heterocycles. The highest BCUT2D eigenvalue weighted by Crippen LogP contribution is 2.08. The Bertz CT molecular complexity index is 395. The van der Waals surface area contributed by atoms with Crippen LogP contribution in [-0.2, 0) is 17.8 Å². The van der Waals surface area contributed by atoms with Crippen LogP contribution in [0, 0.1) is 0 Å². The number of hydrogen-bond donors (Lipinski definition) is 1. The molecule has 0 bridgehead atoms. The average Bonchev–Trinajstić information content (AvgIpc) is 2.41. The number of ether oxygens (including phenoxy) is 1. The summed E-state index contributed by atoms with van der Waals surface area (Å²) in [6, 6.07) is 4.78. The molecular formula is C17H31N3O. The second-order valence-electron chi connectivity index (χ2n) is 6.82. The fourth-order valence-corrected chi connectivity index (χ4v) is 1.96. The first-order chi connectivity index (χ1) is 9.81. The van der Waals surface area contributed by atoms with Gasteiger partial charge in [0.15, 0.2) is 0 Å². The molecule has 0 radical (unpaired) electrons. The predicted octanol–water partition coefficient (Wildman–Crippen LogP) is 2.83. The maximum Gasteiger partial charge on any atom is 0.0589 e. The Balaban J connectivity index is 2.56. The number of methoxy groups -OCH3 is 1. The summed E-state index contributed by atoms with van der Waals surface area (Å²) in [5.41, 5.74) is 2.47. The van der Waals surface area contributed by atoms with Crippen LogP contribution in [0.1, 0.15) is 45.9 Å². The van der Waals surface area contributed by atoms with Gasteiger partial charge in [0.1, 0.15) is 0 Å². The zero-order valence-electron chi connectivity index (χ0n) is 14.4. The van der Waals surface area contributed by atoms with E-state index in [2.05, 4.69) is 62.0 Å². The van der Waals surface area contributed by atoms with Gasteiger partial charge in [0.05, 0.1) is 12.3 Å². The van der Waals surface area contributed by atoms with E-state index in [1.165, 1.54) is 5.56 Å². The van der Waals surface area contributed by atoms with Crippen molar-refractivity contribution in [2.75, 3.05) is 20.3 Å². The molecule has 0 spiro atoms. The summed E-state index contributed by atoms with van der Waals surface area (Å²) >= 11 is 0. The summed E-state index contributed by atoms with van der Waals surface area (Å²) < 4.78 is 5.17. The van der Waals surface area contributed by atoms with E-state index in [0.717, 1.165) is 31.9 Å². The molecule has 120 valence electrons. The van der Waals surface area contributed by atoms with Crippen molar-refractivity contribution in [2.45, 2.75) is 59.3 Å². The van der Waals surface area contributed by atoms with Gasteiger partial charge in [0.25, 0.3) is 0 Å². The Morgan fingerprint density at radius 2 is 2.00 bits per heavy atom. The highest BCUT2D eigenvalue weighted by Gasteiger charge is 2.11. The van der Waals surface area contributed by atoms with E-state index < -0.39 is 0 Å². The molecule has 4 nitrogen and oxygen atoms in total. The number of nitrogens with zero attached hydrogens (tertiary/aromatic N) is 2. The van der Waals surface area contributed by atoms with Crippen LogP contribution >= 0.6 is 0 Å². The maximum absolute atomic E-state index is 5.17. The minimum absolute atomic E-state index is 0.132. The fraction of sp³-hybridized carbons (Fsp3) is 0.706. The van der Waals surface area contributed by atoms with Gasteiger partial charge in [-0.1, -0.05) is 6.07 Å². The molecule has 0 unspecified atom stereocenters. The number of hydrogen-bond acceptors (Lipinski definition) is 4. The second-order valence-corrected chi connectivity index (χ2v) is 6.82. The van der Waals surface area contributed by atoms with Gasteiger partial charge in [-0.25, -0.2) is 0 Å². The number of aromatic nitrogens is 1. The van der Waals surface area contributed by atoms with Gasteiger partial charge in [0, 0.05) is 44.5 Å². The summed E-state index contributed by atoms with van der Waals surface area (Å²) in [6.07, 6.45) is 1.98. The lowest BCUT2D eigenvalue weighted by Gasteiger charge is -2.25. The van der Waals surface area contributed by atoms with Crippen LogP contribution in [0.3, 0.4) is 0 Å².